The first-order chi connectivity index (χ1) is 12.8. The Labute approximate surface area is 172 Å². The number of benzene rings is 1. The zero-order valence-electron chi connectivity index (χ0n) is 17.3. The number of anilines is 2. The van der Waals surface area contributed by atoms with E-state index >= 15 is 0 Å². The van der Waals surface area contributed by atoms with Gasteiger partial charge in [-0.25, -0.2) is 9.78 Å². The molecule has 2 amide bonds. The number of nitrogens with zero attached hydrogens (tertiary/aromatic N) is 3. The molecule has 3 aromatic rings. The van der Waals surface area contributed by atoms with Gasteiger partial charge >= 0.3 is 6.03 Å². The van der Waals surface area contributed by atoms with Gasteiger partial charge in [0, 0.05) is 32.5 Å². The van der Waals surface area contributed by atoms with Gasteiger partial charge in [-0.15, -0.1) is 12.4 Å². The van der Waals surface area contributed by atoms with E-state index < -0.39 is 0 Å². The van der Waals surface area contributed by atoms with Gasteiger partial charge in [-0.2, -0.15) is 0 Å². The van der Waals surface area contributed by atoms with Crippen LogP contribution >= 0.6 is 12.4 Å². The lowest BCUT2D eigenvalue weighted by Gasteiger charge is -2.16. The summed E-state index contributed by atoms with van der Waals surface area (Å²) in [7, 11) is 3.45. The lowest BCUT2D eigenvalue weighted by molar-refractivity contribution is 0.230. The molecule has 3 rings (SSSR count). The Morgan fingerprint density at radius 2 is 1.79 bits per heavy atom. The van der Waals surface area contributed by atoms with Crippen LogP contribution in [0.3, 0.4) is 0 Å². The molecular weight excluding hydrogens is 374 g/mol. The molecule has 0 aliphatic heterocycles. The number of hydrogen-bond acceptors (Lipinski definition) is 3. The molecule has 0 aliphatic rings. The highest BCUT2D eigenvalue weighted by atomic mass is 35.5. The minimum absolute atomic E-state index is 0. The Morgan fingerprint density at radius 1 is 1.14 bits per heavy atom. The molecule has 0 unspecified atom stereocenters. The number of imidazole rings is 1. The van der Waals surface area contributed by atoms with Crippen molar-refractivity contribution in [1.29, 1.82) is 0 Å². The first kappa shape index (κ1) is 21.6. The predicted octanol–water partition coefficient (Wildman–Crippen LogP) is 4.70. The van der Waals surface area contributed by atoms with Crippen molar-refractivity contribution in [2.75, 3.05) is 24.7 Å². The zero-order chi connectivity index (χ0) is 19.7. The quantitative estimate of drug-likeness (QED) is 0.666. The van der Waals surface area contributed by atoms with Gasteiger partial charge in [-0.3, -0.25) is 0 Å². The molecule has 28 heavy (non-hydrogen) atoms. The van der Waals surface area contributed by atoms with Crippen LogP contribution in [0, 0.1) is 27.7 Å². The fourth-order valence-corrected chi connectivity index (χ4v) is 3.12. The van der Waals surface area contributed by atoms with E-state index in [1.807, 2.05) is 30.5 Å². The molecule has 0 aliphatic carbocycles. The number of nitrogens with one attached hydrogen (secondary N) is 2. The topological polar surface area (TPSA) is 61.7 Å². The van der Waals surface area contributed by atoms with E-state index in [0.717, 1.165) is 28.4 Å². The summed E-state index contributed by atoms with van der Waals surface area (Å²) in [5.41, 5.74) is 8.30. The number of aryl methyl sites for hydroxylation is 4. The maximum Gasteiger partial charge on any atom is 0.321 e. The first-order valence-electron chi connectivity index (χ1n) is 9.04. The fourth-order valence-electron chi connectivity index (χ4n) is 3.12. The number of hydrogen-bond donors (Lipinski definition) is 2. The summed E-state index contributed by atoms with van der Waals surface area (Å²) in [6.07, 6.45) is 1.91. The Kier molecular flexibility index (Phi) is 6.56. The second-order valence-corrected chi connectivity index (χ2v) is 7.17. The average Bonchev–Trinajstić information content (AvgIpc) is 2.89. The van der Waals surface area contributed by atoms with Crippen LogP contribution in [0.2, 0.25) is 0 Å². The number of halogens is 1. The lowest BCUT2D eigenvalue weighted by Crippen LogP contribution is -2.27. The molecule has 0 spiro atoms. The number of fused-ring (bicyclic) bond motifs is 1. The molecule has 2 aromatic heterocycles. The van der Waals surface area contributed by atoms with Crippen molar-refractivity contribution in [2.45, 2.75) is 34.2 Å². The van der Waals surface area contributed by atoms with E-state index in [9.17, 15) is 4.79 Å². The molecule has 0 bridgehead atoms. The summed E-state index contributed by atoms with van der Waals surface area (Å²) in [4.78, 5) is 18.3. The van der Waals surface area contributed by atoms with Gasteiger partial charge in [0.05, 0.1) is 17.1 Å². The summed E-state index contributed by atoms with van der Waals surface area (Å²) in [6.45, 7) is 8.97. The highest BCUT2D eigenvalue weighted by Crippen LogP contribution is 2.26. The summed E-state index contributed by atoms with van der Waals surface area (Å²) in [5, 5.41) is 6.45. The first-order valence-corrected chi connectivity index (χ1v) is 9.04. The molecule has 0 atom stereocenters. The van der Waals surface area contributed by atoms with E-state index in [2.05, 4.69) is 42.7 Å². The number of pyridine rings is 1. The molecular formula is C21H28ClN5O. The molecule has 2 N–H and O–H groups in total. The van der Waals surface area contributed by atoms with Crippen LogP contribution in [0.25, 0.3) is 5.65 Å². The van der Waals surface area contributed by atoms with Gasteiger partial charge in [0.2, 0.25) is 0 Å². The standard InChI is InChI=1S/C21H27N5O.ClH/c1-13-8-7-9-14(2)18(13)11-22-19-10-17(24-21(27)25(5)6)12-26-16(4)15(3)23-20(19)26;/h7-10,12,22H,11H2,1-6H3,(H,24,27);1H. The highest BCUT2D eigenvalue weighted by molar-refractivity contribution is 5.90. The van der Waals surface area contributed by atoms with Crippen molar-refractivity contribution < 1.29 is 4.79 Å². The van der Waals surface area contributed by atoms with E-state index in [0.29, 0.717) is 6.54 Å². The molecule has 0 fully saturated rings. The molecule has 7 heteroatoms. The summed E-state index contributed by atoms with van der Waals surface area (Å²) in [5.74, 6) is 0. The third-order valence-electron chi connectivity index (χ3n) is 4.95. The molecule has 150 valence electrons. The highest BCUT2D eigenvalue weighted by Gasteiger charge is 2.13. The van der Waals surface area contributed by atoms with Gasteiger partial charge < -0.3 is 19.9 Å². The van der Waals surface area contributed by atoms with E-state index in [1.54, 1.807) is 14.1 Å². The van der Waals surface area contributed by atoms with Crippen molar-refractivity contribution in [3.8, 4) is 0 Å². The molecule has 0 radical (unpaired) electrons. The van der Waals surface area contributed by atoms with Crippen LogP contribution < -0.4 is 10.6 Å². The van der Waals surface area contributed by atoms with E-state index in [-0.39, 0.29) is 18.4 Å². The molecule has 2 heterocycles. The Balaban J connectivity index is 0.00000280. The second-order valence-electron chi connectivity index (χ2n) is 7.17. The van der Waals surface area contributed by atoms with Gasteiger partial charge in [0.25, 0.3) is 0 Å². The van der Waals surface area contributed by atoms with Gasteiger partial charge in [0.1, 0.15) is 0 Å². The zero-order valence-corrected chi connectivity index (χ0v) is 18.1. The van der Waals surface area contributed by atoms with E-state index in [1.165, 1.54) is 21.6 Å². The Morgan fingerprint density at radius 3 is 2.39 bits per heavy atom. The monoisotopic (exact) mass is 401 g/mol. The van der Waals surface area contributed by atoms with Crippen LogP contribution in [0.15, 0.2) is 30.5 Å². The van der Waals surface area contributed by atoms with Crippen LogP contribution in [0.5, 0.6) is 0 Å². The third kappa shape index (κ3) is 4.22. The number of rotatable bonds is 4. The van der Waals surface area contributed by atoms with Crippen LogP contribution in [0.4, 0.5) is 16.2 Å². The van der Waals surface area contributed by atoms with Gasteiger partial charge in [-0.05, 0) is 50.5 Å². The fraction of sp³-hybridized carbons (Fsp3) is 0.333. The van der Waals surface area contributed by atoms with Crippen LogP contribution in [0.1, 0.15) is 28.1 Å². The third-order valence-corrected chi connectivity index (χ3v) is 4.95. The number of aromatic nitrogens is 2. The Hall–Kier alpha value is -2.73. The van der Waals surface area contributed by atoms with Crippen molar-refractivity contribution in [2.24, 2.45) is 0 Å². The van der Waals surface area contributed by atoms with Crippen LogP contribution in [-0.2, 0) is 6.54 Å². The molecule has 1 aromatic carbocycles. The normalized spacial score (nSPS) is 10.5. The molecule has 6 nitrogen and oxygen atoms in total. The molecule has 0 saturated heterocycles. The Bertz CT molecular complexity index is 989. The summed E-state index contributed by atoms with van der Waals surface area (Å²) >= 11 is 0. The SMILES string of the molecule is Cc1cccc(C)c1CNc1cc(NC(=O)N(C)C)cn2c(C)c(C)nc12.Cl. The van der Waals surface area contributed by atoms with Crippen molar-refractivity contribution in [3.63, 3.8) is 0 Å². The van der Waals surface area contributed by atoms with Crippen molar-refractivity contribution in [3.05, 3.63) is 58.5 Å². The molecule has 0 saturated carbocycles. The lowest BCUT2D eigenvalue weighted by atomic mass is 10.0. The predicted molar refractivity (Wildman–Crippen MR) is 118 cm³/mol. The van der Waals surface area contributed by atoms with E-state index in [4.69, 9.17) is 4.98 Å². The van der Waals surface area contributed by atoms with Crippen molar-refractivity contribution >= 4 is 35.5 Å². The number of carbonyl (C=O) groups is 1. The van der Waals surface area contributed by atoms with Crippen molar-refractivity contribution in [1.82, 2.24) is 14.3 Å². The average molecular weight is 402 g/mol. The smallest absolute Gasteiger partial charge is 0.321 e. The van der Waals surface area contributed by atoms with Crippen LogP contribution in [-0.4, -0.2) is 34.4 Å². The maximum atomic E-state index is 12.1. The minimum Gasteiger partial charge on any atom is -0.378 e. The second kappa shape index (κ2) is 8.52. The summed E-state index contributed by atoms with van der Waals surface area (Å²) < 4.78 is 2.02. The number of urea groups is 1. The minimum atomic E-state index is -0.162. The maximum absolute atomic E-state index is 12.1. The largest absolute Gasteiger partial charge is 0.378 e. The number of amides is 2. The van der Waals surface area contributed by atoms with Gasteiger partial charge in [-0.1, -0.05) is 18.2 Å². The summed E-state index contributed by atoms with van der Waals surface area (Å²) in [6, 6.07) is 8.10. The van der Waals surface area contributed by atoms with Gasteiger partial charge in [0.15, 0.2) is 5.65 Å². The number of carbonyl (C=O) groups excluding carboxylic acids is 1.